The molecule has 0 unspecified atom stereocenters. The van der Waals surface area contributed by atoms with Crippen LogP contribution < -0.4 is 14.8 Å². The number of ether oxygens (including phenoxy) is 2. The van der Waals surface area contributed by atoms with Crippen molar-refractivity contribution in [2.45, 2.75) is 25.4 Å². The van der Waals surface area contributed by atoms with Gasteiger partial charge in [0.05, 0.1) is 26.1 Å². The first-order chi connectivity index (χ1) is 16.8. The number of nitrogens with one attached hydrogen (secondary N) is 1. The highest BCUT2D eigenvalue weighted by Crippen LogP contribution is 2.36. The van der Waals surface area contributed by atoms with Crippen molar-refractivity contribution in [2.24, 2.45) is 0 Å². The molecule has 180 valence electrons. The largest absolute Gasteiger partial charge is 0.493 e. The van der Waals surface area contributed by atoms with Gasteiger partial charge in [0.1, 0.15) is 5.56 Å². The number of fused-ring (bicyclic) bond motifs is 2. The molecule has 7 nitrogen and oxygen atoms in total. The van der Waals surface area contributed by atoms with Crippen molar-refractivity contribution in [1.29, 1.82) is 0 Å². The van der Waals surface area contributed by atoms with Crippen molar-refractivity contribution in [3.8, 4) is 22.8 Å². The van der Waals surface area contributed by atoms with Gasteiger partial charge in [0.25, 0.3) is 5.91 Å². The SMILES string of the molecule is COc1ccc(-c2cc(C(F)(F)F)n3ncc(C(=O)Nc4ccc5c(c4)CCC5)c3n2)cc1OC. The normalized spacial score (nSPS) is 13.1. The summed E-state index contributed by atoms with van der Waals surface area (Å²) in [7, 11) is 2.89. The van der Waals surface area contributed by atoms with Crippen LogP contribution >= 0.6 is 0 Å². The predicted molar refractivity (Wildman–Crippen MR) is 123 cm³/mol. The Morgan fingerprint density at radius 2 is 1.77 bits per heavy atom. The van der Waals surface area contributed by atoms with E-state index in [1.165, 1.54) is 25.8 Å². The lowest BCUT2D eigenvalue weighted by Crippen LogP contribution is -2.16. The molecule has 5 rings (SSSR count). The van der Waals surface area contributed by atoms with Gasteiger partial charge in [0.15, 0.2) is 22.8 Å². The van der Waals surface area contributed by atoms with E-state index in [9.17, 15) is 18.0 Å². The minimum Gasteiger partial charge on any atom is -0.493 e. The maximum Gasteiger partial charge on any atom is 0.433 e. The number of nitrogens with zero attached hydrogens (tertiary/aromatic N) is 3. The molecule has 0 aliphatic heterocycles. The van der Waals surface area contributed by atoms with E-state index in [-0.39, 0.29) is 16.9 Å². The van der Waals surface area contributed by atoms with E-state index in [0.29, 0.717) is 27.3 Å². The Morgan fingerprint density at radius 3 is 2.51 bits per heavy atom. The highest BCUT2D eigenvalue weighted by molar-refractivity contribution is 6.08. The van der Waals surface area contributed by atoms with Crippen LogP contribution in [0.15, 0.2) is 48.7 Å². The van der Waals surface area contributed by atoms with Crippen LogP contribution in [0.2, 0.25) is 0 Å². The van der Waals surface area contributed by atoms with Crippen molar-refractivity contribution >= 4 is 17.2 Å². The summed E-state index contributed by atoms with van der Waals surface area (Å²) >= 11 is 0. The predicted octanol–water partition coefficient (Wildman–Crippen LogP) is 5.17. The lowest BCUT2D eigenvalue weighted by Gasteiger charge is -2.13. The van der Waals surface area contributed by atoms with Gasteiger partial charge >= 0.3 is 6.18 Å². The molecule has 0 spiro atoms. The molecule has 0 saturated heterocycles. The summed E-state index contributed by atoms with van der Waals surface area (Å²) in [4.78, 5) is 17.4. The van der Waals surface area contributed by atoms with Gasteiger partial charge in [-0.05, 0) is 66.8 Å². The van der Waals surface area contributed by atoms with Crippen LogP contribution in [-0.4, -0.2) is 34.7 Å². The Balaban J connectivity index is 1.59. The average molecular weight is 482 g/mol. The van der Waals surface area contributed by atoms with Gasteiger partial charge in [0, 0.05) is 11.3 Å². The molecule has 1 amide bonds. The van der Waals surface area contributed by atoms with Crippen molar-refractivity contribution in [3.63, 3.8) is 0 Å². The van der Waals surface area contributed by atoms with Crippen LogP contribution in [0.1, 0.15) is 33.6 Å². The van der Waals surface area contributed by atoms with Crippen molar-refractivity contribution in [1.82, 2.24) is 14.6 Å². The summed E-state index contributed by atoms with van der Waals surface area (Å²) < 4.78 is 52.9. The second-order valence-corrected chi connectivity index (χ2v) is 8.18. The highest BCUT2D eigenvalue weighted by Gasteiger charge is 2.36. The summed E-state index contributed by atoms with van der Waals surface area (Å²) in [5.74, 6) is 0.165. The third-order valence-electron chi connectivity index (χ3n) is 6.04. The second kappa shape index (κ2) is 8.61. The molecular formula is C25H21F3N4O3. The van der Waals surface area contributed by atoms with E-state index < -0.39 is 17.8 Å². The van der Waals surface area contributed by atoms with E-state index in [1.54, 1.807) is 18.2 Å². The molecule has 0 radical (unpaired) electrons. The number of amides is 1. The Kier molecular flexibility index (Phi) is 5.58. The summed E-state index contributed by atoms with van der Waals surface area (Å²) in [5, 5.41) is 6.60. The number of aromatic nitrogens is 3. The first-order valence-corrected chi connectivity index (χ1v) is 10.9. The lowest BCUT2D eigenvalue weighted by atomic mass is 10.1. The highest BCUT2D eigenvalue weighted by atomic mass is 19.4. The number of benzene rings is 2. The van der Waals surface area contributed by atoms with Crippen molar-refractivity contribution < 1.29 is 27.4 Å². The number of alkyl halides is 3. The lowest BCUT2D eigenvalue weighted by molar-refractivity contribution is -0.142. The molecule has 2 aromatic carbocycles. The van der Waals surface area contributed by atoms with Crippen LogP contribution in [-0.2, 0) is 19.0 Å². The fraction of sp³-hybridized carbons (Fsp3) is 0.240. The van der Waals surface area contributed by atoms with Gasteiger partial charge in [-0.2, -0.15) is 18.3 Å². The Hall–Kier alpha value is -4.08. The number of aryl methyl sites for hydroxylation is 2. The number of anilines is 1. The van der Waals surface area contributed by atoms with Crippen LogP contribution in [0.25, 0.3) is 16.9 Å². The summed E-state index contributed by atoms with van der Waals surface area (Å²) in [6.07, 6.45) is -0.643. The zero-order chi connectivity index (χ0) is 24.7. The Labute approximate surface area is 198 Å². The molecular weight excluding hydrogens is 461 g/mol. The molecule has 0 atom stereocenters. The van der Waals surface area contributed by atoms with E-state index in [2.05, 4.69) is 15.4 Å². The molecule has 2 aromatic heterocycles. The maximum absolute atomic E-state index is 13.9. The topological polar surface area (TPSA) is 77.8 Å². The molecule has 0 fully saturated rings. The molecule has 1 aliphatic carbocycles. The molecule has 10 heteroatoms. The van der Waals surface area contributed by atoms with Gasteiger partial charge < -0.3 is 14.8 Å². The second-order valence-electron chi connectivity index (χ2n) is 8.18. The van der Waals surface area contributed by atoms with Gasteiger partial charge in [0.2, 0.25) is 0 Å². The zero-order valence-electron chi connectivity index (χ0n) is 18.9. The standard InChI is InChI=1S/C25H21F3N4O3/c1-34-20-9-7-16(11-21(20)35-2)19-12-22(25(26,27)28)32-23(31-19)18(13-29-32)24(33)30-17-8-6-14-4-3-5-15(14)10-17/h6-13H,3-5H2,1-2H3,(H,30,33). The van der Waals surface area contributed by atoms with Gasteiger partial charge in [-0.15, -0.1) is 0 Å². The van der Waals surface area contributed by atoms with Crippen LogP contribution in [0.3, 0.4) is 0 Å². The average Bonchev–Trinajstić information content (AvgIpc) is 3.48. The maximum atomic E-state index is 13.9. The molecule has 1 N–H and O–H groups in total. The number of halogens is 3. The minimum atomic E-state index is -4.73. The van der Waals surface area contributed by atoms with Gasteiger partial charge in [-0.3, -0.25) is 4.79 Å². The Morgan fingerprint density at radius 1 is 1.00 bits per heavy atom. The molecule has 35 heavy (non-hydrogen) atoms. The summed E-state index contributed by atoms with van der Waals surface area (Å²) in [6.45, 7) is 0. The molecule has 0 saturated carbocycles. The van der Waals surface area contributed by atoms with E-state index >= 15 is 0 Å². The monoisotopic (exact) mass is 482 g/mol. The fourth-order valence-corrected chi connectivity index (χ4v) is 4.32. The van der Waals surface area contributed by atoms with E-state index in [1.807, 2.05) is 12.1 Å². The summed E-state index contributed by atoms with van der Waals surface area (Å²) in [6, 6.07) is 11.2. The first kappa shape index (κ1) is 22.7. The van der Waals surface area contributed by atoms with E-state index in [4.69, 9.17) is 9.47 Å². The van der Waals surface area contributed by atoms with Crippen LogP contribution in [0.5, 0.6) is 11.5 Å². The quantitative estimate of drug-likeness (QED) is 0.425. The molecule has 2 heterocycles. The minimum absolute atomic E-state index is 0.0119. The van der Waals surface area contributed by atoms with Crippen LogP contribution in [0, 0.1) is 0 Å². The first-order valence-electron chi connectivity index (χ1n) is 10.9. The number of carbonyl (C=O) groups is 1. The fourth-order valence-electron chi connectivity index (χ4n) is 4.32. The third-order valence-corrected chi connectivity index (χ3v) is 6.04. The number of hydrogen-bond acceptors (Lipinski definition) is 5. The van der Waals surface area contributed by atoms with Gasteiger partial charge in [-0.1, -0.05) is 6.07 Å². The molecule has 0 bridgehead atoms. The summed E-state index contributed by atoms with van der Waals surface area (Å²) in [5.41, 5.74) is 2.03. The zero-order valence-corrected chi connectivity index (χ0v) is 18.9. The number of carbonyl (C=O) groups excluding carboxylic acids is 1. The molecule has 1 aliphatic rings. The van der Waals surface area contributed by atoms with E-state index in [0.717, 1.165) is 37.1 Å². The third kappa shape index (κ3) is 4.16. The smallest absolute Gasteiger partial charge is 0.433 e. The van der Waals surface area contributed by atoms with Gasteiger partial charge in [-0.25, -0.2) is 9.50 Å². The van der Waals surface area contributed by atoms with Crippen molar-refractivity contribution in [3.05, 3.63) is 71.0 Å². The Bertz CT molecular complexity index is 1450. The number of hydrogen-bond donors (Lipinski definition) is 1. The number of rotatable bonds is 5. The van der Waals surface area contributed by atoms with Crippen LogP contribution in [0.4, 0.5) is 18.9 Å². The molecule has 4 aromatic rings. The van der Waals surface area contributed by atoms with Crippen molar-refractivity contribution in [2.75, 3.05) is 19.5 Å². The number of methoxy groups -OCH3 is 2.